The summed E-state index contributed by atoms with van der Waals surface area (Å²) in [7, 11) is -3.39. The number of hydrogen-bond acceptors (Lipinski definition) is 8. The van der Waals surface area contributed by atoms with Crippen molar-refractivity contribution < 1.29 is 23.1 Å². The van der Waals surface area contributed by atoms with Gasteiger partial charge in [-0.3, -0.25) is 9.13 Å². The molecule has 1 aromatic carbocycles. The summed E-state index contributed by atoms with van der Waals surface area (Å²) in [6.45, 7) is 6.05. The van der Waals surface area contributed by atoms with Crippen LogP contribution in [0.15, 0.2) is 47.4 Å². The maximum atomic E-state index is 13.0. The standard InChI is InChI=1S/C20H30N3O6P/c1-4-28-30(25,29-5-2)14-18(16(3)26-13-17-9-7-6-8-10-17)27-15-23-12-11-19(21)22-20(23)24/h6-12,16,18H,4-5,13-15H2,1-3H3,(H2,21,22,24)/t16-,18+/m0/s1. The van der Waals surface area contributed by atoms with Crippen LogP contribution >= 0.6 is 7.60 Å². The molecule has 0 spiro atoms. The summed E-state index contributed by atoms with van der Waals surface area (Å²) in [6.07, 6.45) is 0.378. The summed E-state index contributed by atoms with van der Waals surface area (Å²) < 4.78 is 37.0. The van der Waals surface area contributed by atoms with Crippen molar-refractivity contribution in [1.82, 2.24) is 9.55 Å². The molecular weight excluding hydrogens is 409 g/mol. The lowest BCUT2D eigenvalue weighted by molar-refractivity contribution is -0.0839. The second-order valence-electron chi connectivity index (χ2n) is 6.57. The second kappa shape index (κ2) is 12.0. The minimum atomic E-state index is -3.39. The molecule has 0 amide bonds. The number of benzene rings is 1. The Bertz CT molecular complexity index is 866. The molecule has 2 rings (SSSR count). The molecule has 0 fully saturated rings. The van der Waals surface area contributed by atoms with Gasteiger partial charge in [0.05, 0.1) is 38.2 Å². The highest BCUT2D eigenvalue weighted by atomic mass is 31.2. The Balaban J connectivity index is 2.12. The zero-order chi connectivity index (χ0) is 22.0. The van der Waals surface area contributed by atoms with E-state index in [1.165, 1.54) is 16.8 Å². The Hall–Kier alpha value is -2.03. The van der Waals surface area contributed by atoms with E-state index >= 15 is 0 Å². The molecule has 2 aromatic rings. The van der Waals surface area contributed by atoms with Crippen LogP contribution < -0.4 is 11.4 Å². The van der Waals surface area contributed by atoms with Crippen LogP contribution in [0.3, 0.4) is 0 Å². The van der Waals surface area contributed by atoms with Gasteiger partial charge in [-0.05, 0) is 32.4 Å². The fourth-order valence-electron chi connectivity index (χ4n) is 2.72. The third-order valence-electron chi connectivity index (χ3n) is 4.26. The van der Waals surface area contributed by atoms with E-state index in [0.717, 1.165) is 5.56 Å². The minimum Gasteiger partial charge on any atom is -0.383 e. The Morgan fingerprint density at radius 3 is 2.37 bits per heavy atom. The molecule has 0 aliphatic carbocycles. The van der Waals surface area contributed by atoms with Gasteiger partial charge in [-0.2, -0.15) is 4.98 Å². The van der Waals surface area contributed by atoms with Gasteiger partial charge in [-0.1, -0.05) is 30.3 Å². The van der Waals surface area contributed by atoms with Gasteiger partial charge in [-0.15, -0.1) is 0 Å². The van der Waals surface area contributed by atoms with Crippen LogP contribution in [0.1, 0.15) is 26.3 Å². The molecule has 9 nitrogen and oxygen atoms in total. The molecule has 1 aromatic heterocycles. The van der Waals surface area contributed by atoms with Crippen LogP contribution in [-0.4, -0.2) is 41.1 Å². The number of hydrogen-bond donors (Lipinski definition) is 1. The van der Waals surface area contributed by atoms with Gasteiger partial charge in [0.1, 0.15) is 12.5 Å². The van der Waals surface area contributed by atoms with Crippen molar-refractivity contribution in [2.45, 2.75) is 46.3 Å². The predicted octanol–water partition coefficient (Wildman–Crippen LogP) is 3.04. The first-order valence-electron chi connectivity index (χ1n) is 9.85. The third-order valence-corrected chi connectivity index (χ3v) is 6.37. The molecule has 0 radical (unpaired) electrons. The maximum absolute atomic E-state index is 13.0. The van der Waals surface area contributed by atoms with E-state index in [1.807, 2.05) is 37.3 Å². The van der Waals surface area contributed by atoms with Gasteiger partial charge in [0.15, 0.2) is 0 Å². The van der Waals surface area contributed by atoms with Crippen molar-refractivity contribution in [1.29, 1.82) is 0 Å². The molecule has 166 valence electrons. The molecule has 0 aliphatic rings. The Morgan fingerprint density at radius 1 is 1.10 bits per heavy atom. The summed E-state index contributed by atoms with van der Waals surface area (Å²) in [4.78, 5) is 15.7. The van der Waals surface area contributed by atoms with Gasteiger partial charge in [0.25, 0.3) is 0 Å². The Labute approximate surface area is 176 Å². The van der Waals surface area contributed by atoms with Gasteiger partial charge < -0.3 is 24.3 Å². The summed E-state index contributed by atoms with van der Waals surface area (Å²) in [5, 5.41) is 0. The normalized spacial score (nSPS) is 13.8. The first kappa shape index (κ1) is 24.2. The van der Waals surface area contributed by atoms with Crippen LogP contribution in [0, 0.1) is 0 Å². The van der Waals surface area contributed by atoms with E-state index in [0.29, 0.717) is 6.61 Å². The highest BCUT2D eigenvalue weighted by Gasteiger charge is 2.33. The Kier molecular flexibility index (Phi) is 9.68. The average molecular weight is 439 g/mol. The van der Waals surface area contributed by atoms with Crippen molar-refractivity contribution >= 4 is 13.4 Å². The van der Waals surface area contributed by atoms with Crippen molar-refractivity contribution in [3.8, 4) is 0 Å². The maximum Gasteiger partial charge on any atom is 0.351 e. The van der Waals surface area contributed by atoms with E-state index in [-0.39, 0.29) is 31.9 Å². The lowest BCUT2D eigenvalue weighted by Gasteiger charge is -2.28. The van der Waals surface area contributed by atoms with Gasteiger partial charge in [-0.25, -0.2) is 4.79 Å². The van der Waals surface area contributed by atoms with Crippen molar-refractivity contribution in [3.63, 3.8) is 0 Å². The molecule has 0 aliphatic heterocycles. The van der Waals surface area contributed by atoms with E-state index in [4.69, 9.17) is 24.3 Å². The first-order valence-corrected chi connectivity index (χ1v) is 11.6. The van der Waals surface area contributed by atoms with Gasteiger partial charge >= 0.3 is 13.3 Å². The van der Waals surface area contributed by atoms with Crippen LogP contribution in [0.25, 0.3) is 0 Å². The van der Waals surface area contributed by atoms with Crippen LogP contribution in [0.5, 0.6) is 0 Å². The first-order chi connectivity index (χ1) is 14.4. The molecule has 0 saturated heterocycles. The van der Waals surface area contributed by atoms with Crippen molar-refractivity contribution in [2.75, 3.05) is 25.1 Å². The average Bonchev–Trinajstić information content (AvgIpc) is 2.71. The number of anilines is 1. The Morgan fingerprint density at radius 2 is 1.77 bits per heavy atom. The van der Waals surface area contributed by atoms with E-state index in [1.54, 1.807) is 13.8 Å². The van der Waals surface area contributed by atoms with Crippen LogP contribution in [0.2, 0.25) is 0 Å². The molecule has 0 saturated carbocycles. The lowest BCUT2D eigenvalue weighted by Crippen LogP contribution is -2.35. The molecule has 0 bridgehead atoms. The fraction of sp³-hybridized carbons (Fsp3) is 0.500. The fourth-order valence-corrected chi connectivity index (χ4v) is 4.63. The highest BCUT2D eigenvalue weighted by molar-refractivity contribution is 7.53. The molecular formula is C20H30N3O6P. The van der Waals surface area contributed by atoms with Gasteiger partial charge in [0, 0.05) is 6.20 Å². The zero-order valence-corrected chi connectivity index (χ0v) is 18.5. The predicted molar refractivity (Wildman–Crippen MR) is 114 cm³/mol. The van der Waals surface area contributed by atoms with Crippen molar-refractivity contribution in [3.05, 3.63) is 58.6 Å². The third kappa shape index (κ3) is 7.66. The topological polar surface area (TPSA) is 115 Å². The number of aromatic nitrogens is 2. The molecule has 10 heteroatoms. The summed E-state index contributed by atoms with van der Waals surface area (Å²) in [5.74, 6) is 0.129. The quantitative estimate of drug-likeness (QED) is 0.474. The number of ether oxygens (including phenoxy) is 2. The number of rotatable bonds is 13. The lowest BCUT2D eigenvalue weighted by atomic mass is 10.2. The van der Waals surface area contributed by atoms with Crippen molar-refractivity contribution in [2.24, 2.45) is 0 Å². The zero-order valence-electron chi connectivity index (χ0n) is 17.6. The molecule has 2 N–H and O–H groups in total. The van der Waals surface area contributed by atoms with E-state index in [9.17, 15) is 9.36 Å². The van der Waals surface area contributed by atoms with Crippen LogP contribution in [-0.2, 0) is 36.4 Å². The molecule has 0 unspecified atom stereocenters. The molecule has 1 heterocycles. The van der Waals surface area contributed by atoms with Crippen LogP contribution in [0.4, 0.5) is 5.82 Å². The summed E-state index contributed by atoms with van der Waals surface area (Å²) >= 11 is 0. The monoisotopic (exact) mass is 439 g/mol. The summed E-state index contributed by atoms with van der Waals surface area (Å²) in [6, 6.07) is 11.2. The van der Waals surface area contributed by atoms with Gasteiger partial charge in [0.2, 0.25) is 0 Å². The largest absolute Gasteiger partial charge is 0.383 e. The second-order valence-corrected chi connectivity index (χ2v) is 8.67. The number of nitrogens with two attached hydrogens (primary N) is 1. The number of nitrogen functional groups attached to an aromatic ring is 1. The SMILES string of the molecule is CCOP(=O)(C[C@@H](OCn1ccc(N)nc1=O)[C@H](C)OCc1ccccc1)OCC. The van der Waals surface area contributed by atoms with E-state index in [2.05, 4.69) is 4.98 Å². The number of nitrogens with zero attached hydrogens (tertiary/aromatic N) is 2. The molecule has 30 heavy (non-hydrogen) atoms. The highest BCUT2D eigenvalue weighted by Crippen LogP contribution is 2.49. The van der Waals surface area contributed by atoms with E-state index < -0.39 is 25.5 Å². The minimum absolute atomic E-state index is 0.0121. The summed E-state index contributed by atoms with van der Waals surface area (Å²) in [5.41, 5.74) is 5.98. The smallest absolute Gasteiger partial charge is 0.351 e. The molecule has 2 atom stereocenters.